The Morgan fingerprint density at radius 3 is 1.70 bits per heavy atom. The molecule has 0 bridgehead atoms. The van der Waals surface area contributed by atoms with Crippen LogP contribution in [0.25, 0.3) is 0 Å². The molecule has 23 heavy (non-hydrogen) atoms. The van der Waals surface area contributed by atoms with Crippen LogP contribution in [0.4, 0.5) is 0 Å². The van der Waals surface area contributed by atoms with Crippen LogP contribution in [0.2, 0.25) is 0 Å². The molecule has 0 aromatic heterocycles. The van der Waals surface area contributed by atoms with Crippen LogP contribution in [-0.2, 0) is 18.6 Å². The molecule has 0 spiro atoms. The second-order valence-corrected chi connectivity index (χ2v) is 6.31. The van der Waals surface area contributed by atoms with Crippen LogP contribution >= 0.6 is 0 Å². The number of aliphatic hydroxyl groups excluding tert-OH is 2. The number of nitrogens with zero attached hydrogens (tertiary/aromatic N) is 1. The van der Waals surface area contributed by atoms with E-state index in [0.717, 1.165) is 44.7 Å². The molecular formula is C18H39N2O2V-. The minimum Gasteiger partial charge on any atom is -0.393 e. The maximum atomic E-state index is 9.40. The summed E-state index contributed by atoms with van der Waals surface area (Å²) in [7, 11) is 0. The van der Waals surface area contributed by atoms with E-state index in [9.17, 15) is 5.11 Å². The summed E-state index contributed by atoms with van der Waals surface area (Å²) in [4.78, 5) is 2.53. The summed E-state index contributed by atoms with van der Waals surface area (Å²) in [5.74, 6) is 0.895. The first-order chi connectivity index (χ1) is 10.2. The van der Waals surface area contributed by atoms with Crippen LogP contribution in [0.1, 0.15) is 58.8 Å². The zero-order chi connectivity index (χ0) is 15.5. The van der Waals surface area contributed by atoms with Crippen LogP contribution in [0.3, 0.4) is 0 Å². The Morgan fingerprint density at radius 1 is 0.870 bits per heavy atom. The first kappa shape index (κ1) is 25.7. The van der Waals surface area contributed by atoms with E-state index in [1.54, 1.807) is 0 Å². The maximum absolute atomic E-state index is 9.40. The third kappa shape index (κ3) is 11.6. The van der Waals surface area contributed by atoms with E-state index in [-0.39, 0.29) is 38.2 Å². The van der Waals surface area contributed by atoms with Gasteiger partial charge in [0.05, 0.1) is 12.2 Å². The fourth-order valence-corrected chi connectivity index (χ4v) is 2.92. The van der Waals surface area contributed by atoms with Gasteiger partial charge in [-0.05, 0) is 64.0 Å². The van der Waals surface area contributed by atoms with Gasteiger partial charge in [0, 0.05) is 38.2 Å². The summed E-state index contributed by atoms with van der Waals surface area (Å²) in [5.41, 5.74) is 0. The quantitative estimate of drug-likeness (QED) is 0.657. The van der Waals surface area contributed by atoms with Crippen molar-refractivity contribution in [2.75, 3.05) is 32.7 Å². The summed E-state index contributed by atoms with van der Waals surface area (Å²) in [6, 6.07) is 0. The van der Waals surface area contributed by atoms with Crippen LogP contribution in [-0.4, -0.2) is 60.0 Å². The third-order valence-electron chi connectivity index (χ3n) is 4.61. The minimum atomic E-state index is -0.0285. The fraction of sp³-hybridized carbons (Fsp3) is 0.944. The van der Waals surface area contributed by atoms with E-state index in [1.165, 1.54) is 38.9 Å². The van der Waals surface area contributed by atoms with Gasteiger partial charge in [0.1, 0.15) is 0 Å². The van der Waals surface area contributed by atoms with E-state index in [0.29, 0.717) is 0 Å². The van der Waals surface area contributed by atoms with Crippen molar-refractivity contribution in [3.8, 4) is 0 Å². The second kappa shape index (κ2) is 15.9. The second-order valence-electron chi connectivity index (χ2n) is 6.31. The summed E-state index contributed by atoms with van der Waals surface area (Å²) < 4.78 is 0. The number of aliphatic hydroxyl groups is 2. The Labute approximate surface area is 156 Å². The molecule has 139 valence electrons. The molecule has 3 fully saturated rings. The van der Waals surface area contributed by atoms with Gasteiger partial charge in [-0.25, -0.2) is 0 Å². The van der Waals surface area contributed by atoms with Crippen molar-refractivity contribution in [3.05, 3.63) is 7.43 Å². The zero-order valence-electron chi connectivity index (χ0n) is 15.5. The third-order valence-corrected chi connectivity index (χ3v) is 4.61. The molecule has 2 heterocycles. The molecule has 0 aromatic rings. The standard InChI is InChI=1S/C11H22N2O.C4H8O.C2H6.CH3.V/c14-11-3-7-13(8-4-11)9-10-1-5-12-6-2-10;5-4-2-1-3-4;1-2;;/h10-12,14H,1-9H2;4-5H,1-3H2;1-2H3;1H3;/q;;;-1;. The van der Waals surface area contributed by atoms with Crippen LogP contribution in [0, 0.1) is 13.3 Å². The van der Waals surface area contributed by atoms with Gasteiger partial charge >= 0.3 is 0 Å². The largest absolute Gasteiger partial charge is 0.393 e. The van der Waals surface area contributed by atoms with Gasteiger partial charge in [-0.2, -0.15) is 0 Å². The van der Waals surface area contributed by atoms with E-state index in [2.05, 4.69) is 10.2 Å². The molecule has 2 saturated heterocycles. The molecule has 0 amide bonds. The molecule has 1 saturated carbocycles. The Balaban J connectivity index is 0. The number of hydrogen-bond donors (Lipinski definition) is 3. The van der Waals surface area contributed by atoms with Crippen molar-refractivity contribution < 1.29 is 28.8 Å². The maximum Gasteiger partial charge on any atom is 0.0564 e. The fourth-order valence-electron chi connectivity index (χ4n) is 2.92. The average molecular weight is 366 g/mol. The van der Waals surface area contributed by atoms with Gasteiger partial charge in [0.2, 0.25) is 0 Å². The van der Waals surface area contributed by atoms with E-state index in [4.69, 9.17) is 5.11 Å². The van der Waals surface area contributed by atoms with E-state index >= 15 is 0 Å². The summed E-state index contributed by atoms with van der Waals surface area (Å²) in [6.45, 7) is 9.85. The SMILES string of the molecule is CC.OC1CCC1.OC1CCN(CC2CCNCC2)CC1.[CH3-].[V]. The van der Waals surface area contributed by atoms with Gasteiger partial charge in [-0.3, -0.25) is 0 Å². The van der Waals surface area contributed by atoms with Gasteiger partial charge in [-0.15, -0.1) is 0 Å². The number of piperidine rings is 2. The van der Waals surface area contributed by atoms with Crippen molar-refractivity contribution in [1.29, 1.82) is 0 Å². The topological polar surface area (TPSA) is 55.7 Å². The molecule has 1 radical (unpaired) electrons. The first-order valence-electron chi connectivity index (χ1n) is 9.03. The van der Waals surface area contributed by atoms with Gasteiger partial charge in [-0.1, -0.05) is 13.8 Å². The zero-order valence-corrected chi connectivity index (χ0v) is 16.9. The Bertz CT molecular complexity index is 239. The number of nitrogens with one attached hydrogen (secondary N) is 1. The molecular weight excluding hydrogens is 327 g/mol. The molecule has 2 aliphatic heterocycles. The van der Waals surface area contributed by atoms with Crippen LogP contribution in [0.15, 0.2) is 0 Å². The smallest absolute Gasteiger partial charge is 0.0564 e. The van der Waals surface area contributed by atoms with Crippen LogP contribution < -0.4 is 5.32 Å². The molecule has 3 rings (SSSR count). The molecule has 1 aliphatic carbocycles. The molecule has 4 nitrogen and oxygen atoms in total. The van der Waals surface area contributed by atoms with Crippen molar-refractivity contribution in [2.45, 2.75) is 71.0 Å². The van der Waals surface area contributed by atoms with Gasteiger partial charge < -0.3 is 27.9 Å². The Kier molecular flexibility index (Phi) is 17.8. The molecule has 3 aliphatic rings. The molecule has 0 aromatic carbocycles. The van der Waals surface area contributed by atoms with E-state index in [1.807, 2.05) is 13.8 Å². The predicted molar refractivity (Wildman–Crippen MR) is 94.9 cm³/mol. The molecule has 3 N–H and O–H groups in total. The van der Waals surface area contributed by atoms with Crippen molar-refractivity contribution in [2.24, 2.45) is 5.92 Å². The predicted octanol–water partition coefficient (Wildman–Crippen LogP) is 2.45. The summed E-state index contributed by atoms with van der Waals surface area (Å²) in [5, 5.41) is 21.2. The Hall–Kier alpha value is 0.424. The molecule has 5 heteroatoms. The molecule has 0 unspecified atom stereocenters. The normalized spacial score (nSPS) is 23.0. The average Bonchev–Trinajstić information content (AvgIpc) is 2.51. The van der Waals surface area contributed by atoms with Gasteiger partial charge in [0.15, 0.2) is 0 Å². The van der Waals surface area contributed by atoms with E-state index < -0.39 is 0 Å². The van der Waals surface area contributed by atoms with Crippen molar-refractivity contribution >= 4 is 0 Å². The summed E-state index contributed by atoms with van der Waals surface area (Å²) in [6.07, 6.45) is 7.98. The Morgan fingerprint density at radius 2 is 1.30 bits per heavy atom. The minimum absolute atomic E-state index is 0. The number of hydrogen-bond acceptors (Lipinski definition) is 4. The number of likely N-dealkylation sites (tertiary alicyclic amines) is 1. The molecule has 0 atom stereocenters. The van der Waals surface area contributed by atoms with Crippen molar-refractivity contribution in [1.82, 2.24) is 10.2 Å². The first-order valence-corrected chi connectivity index (χ1v) is 9.03. The monoisotopic (exact) mass is 366 g/mol. The van der Waals surface area contributed by atoms with Crippen molar-refractivity contribution in [3.63, 3.8) is 0 Å². The number of rotatable bonds is 2. The summed E-state index contributed by atoms with van der Waals surface area (Å²) >= 11 is 0. The van der Waals surface area contributed by atoms with Crippen LogP contribution in [0.5, 0.6) is 0 Å². The van der Waals surface area contributed by atoms with Gasteiger partial charge in [0.25, 0.3) is 0 Å².